The first kappa shape index (κ1) is 19.4. The van der Waals surface area contributed by atoms with Gasteiger partial charge in [0, 0.05) is 12.1 Å². The number of furan rings is 1. The number of aliphatic imine (C=N–C) groups is 1. The summed E-state index contributed by atoms with van der Waals surface area (Å²) in [5.74, 6) is 0.203. The number of amidine groups is 1. The number of carbonyl (C=O) groups is 1. The van der Waals surface area contributed by atoms with E-state index in [9.17, 15) is 14.9 Å². The topological polar surface area (TPSA) is 89.0 Å². The maximum absolute atomic E-state index is 13.3. The Hall–Kier alpha value is -2.87. The standard InChI is InChI=1S/C21H21N3O4S/c1-14-7-5-6-10-17(14)23-20(25)18(13-16-11-12-19(28-16)24(26)27)29-21(23)22-15-8-3-2-4-9-15/h2-4,8-9,11-14,17H,5-7,10H2,1H3/b18-13-,22-21?/t14-,17-/m1/s1. The third-order valence-corrected chi connectivity index (χ3v) is 6.26. The van der Waals surface area contributed by atoms with Crippen LogP contribution in [0.4, 0.5) is 11.6 Å². The molecule has 1 aromatic heterocycles. The number of thioether (sulfide) groups is 1. The van der Waals surface area contributed by atoms with Gasteiger partial charge in [0.1, 0.15) is 10.7 Å². The summed E-state index contributed by atoms with van der Waals surface area (Å²) in [6.07, 6.45) is 5.86. The van der Waals surface area contributed by atoms with Crippen LogP contribution in [0.2, 0.25) is 0 Å². The lowest BCUT2D eigenvalue weighted by Gasteiger charge is -2.35. The highest BCUT2D eigenvalue weighted by atomic mass is 32.2. The third-order valence-electron chi connectivity index (χ3n) is 5.28. The van der Waals surface area contributed by atoms with Gasteiger partial charge in [0.2, 0.25) is 0 Å². The van der Waals surface area contributed by atoms with Crippen molar-refractivity contribution in [1.82, 2.24) is 4.90 Å². The van der Waals surface area contributed by atoms with Gasteiger partial charge in [-0.2, -0.15) is 0 Å². The minimum atomic E-state index is -0.593. The predicted octanol–water partition coefficient (Wildman–Crippen LogP) is 5.37. The Morgan fingerprint density at radius 2 is 1.97 bits per heavy atom. The van der Waals surface area contributed by atoms with Crippen molar-refractivity contribution in [3.05, 3.63) is 63.2 Å². The van der Waals surface area contributed by atoms with Gasteiger partial charge < -0.3 is 4.42 Å². The summed E-state index contributed by atoms with van der Waals surface area (Å²) in [6.45, 7) is 2.18. The molecule has 0 bridgehead atoms. The van der Waals surface area contributed by atoms with Gasteiger partial charge in [0.15, 0.2) is 5.17 Å². The summed E-state index contributed by atoms with van der Waals surface area (Å²) in [5, 5.41) is 11.5. The average molecular weight is 411 g/mol. The lowest BCUT2D eigenvalue weighted by Crippen LogP contribution is -2.44. The fraction of sp³-hybridized carbons (Fsp3) is 0.333. The maximum Gasteiger partial charge on any atom is 0.433 e. The van der Waals surface area contributed by atoms with Crippen LogP contribution in [-0.4, -0.2) is 26.9 Å². The molecule has 4 rings (SSSR count). The van der Waals surface area contributed by atoms with Crippen LogP contribution in [0.1, 0.15) is 38.4 Å². The number of benzene rings is 1. The zero-order valence-corrected chi connectivity index (χ0v) is 16.8. The molecule has 0 unspecified atom stereocenters. The van der Waals surface area contributed by atoms with E-state index in [2.05, 4.69) is 6.92 Å². The van der Waals surface area contributed by atoms with Crippen molar-refractivity contribution in [2.24, 2.45) is 10.9 Å². The maximum atomic E-state index is 13.3. The van der Waals surface area contributed by atoms with E-state index in [-0.39, 0.29) is 23.6 Å². The number of para-hydroxylation sites is 1. The first-order chi connectivity index (χ1) is 14.0. The van der Waals surface area contributed by atoms with Crippen molar-refractivity contribution in [3.63, 3.8) is 0 Å². The van der Waals surface area contributed by atoms with Crippen LogP contribution in [0.5, 0.6) is 0 Å². The molecular weight excluding hydrogens is 390 g/mol. The molecule has 2 aliphatic rings. The Labute approximate surface area is 172 Å². The molecule has 8 heteroatoms. The zero-order chi connectivity index (χ0) is 20.4. The monoisotopic (exact) mass is 411 g/mol. The van der Waals surface area contributed by atoms with Crippen LogP contribution >= 0.6 is 11.8 Å². The van der Waals surface area contributed by atoms with Crippen molar-refractivity contribution in [3.8, 4) is 0 Å². The van der Waals surface area contributed by atoms with Crippen LogP contribution in [-0.2, 0) is 4.79 Å². The summed E-state index contributed by atoms with van der Waals surface area (Å²) in [6, 6.07) is 12.4. The van der Waals surface area contributed by atoms with E-state index in [0.29, 0.717) is 16.0 Å². The van der Waals surface area contributed by atoms with Crippen molar-refractivity contribution in [2.75, 3.05) is 0 Å². The molecule has 0 radical (unpaired) electrons. The van der Waals surface area contributed by atoms with Gasteiger partial charge in [-0.05, 0) is 48.7 Å². The van der Waals surface area contributed by atoms with Crippen LogP contribution in [0, 0.1) is 16.0 Å². The predicted molar refractivity (Wildman–Crippen MR) is 113 cm³/mol. The van der Waals surface area contributed by atoms with Gasteiger partial charge >= 0.3 is 5.88 Å². The summed E-state index contributed by atoms with van der Waals surface area (Å²) in [7, 11) is 0. The molecule has 0 spiro atoms. The van der Waals surface area contributed by atoms with Gasteiger partial charge in [0.25, 0.3) is 5.91 Å². The zero-order valence-electron chi connectivity index (χ0n) is 16.0. The Morgan fingerprint density at radius 1 is 1.21 bits per heavy atom. The van der Waals surface area contributed by atoms with Crippen molar-refractivity contribution in [1.29, 1.82) is 0 Å². The first-order valence-electron chi connectivity index (χ1n) is 9.64. The molecule has 150 valence electrons. The second kappa shape index (κ2) is 8.24. The van der Waals surface area contributed by atoms with Crippen molar-refractivity contribution >= 4 is 40.5 Å². The van der Waals surface area contributed by atoms with E-state index >= 15 is 0 Å². The fourth-order valence-electron chi connectivity index (χ4n) is 3.80. The number of nitro groups is 1. The van der Waals surface area contributed by atoms with Crippen LogP contribution < -0.4 is 0 Å². The van der Waals surface area contributed by atoms with Crippen LogP contribution in [0.15, 0.2) is 56.8 Å². The summed E-state index contributed by atoms with van der Waals surface area (Å²) < 4.78 is 5.21. The molecule has 1 saturated carbocycles. The Morgan fingerprint density at radius 3 is 2.66 bits per heavy atom. The Balaban J connectivity index is 1.70. The van der Waals surface area contributed by atoms with Gasteiger partial charge in [-0.3, -0.25) is 19.8 Å². The second-order valence-electron chi connectivity index (χ2n) is 7.28. The highest BCUT2D eigenvalue weighted by Gasteiger charge is 2.41. The molecule has 1 saturated heterocycles. The molecule has 1 aromatic carbocycles. The molecule has 1 aliphatic heterocycles. The quantitative estimate of drug-likeness (QED) is 0.383. The first-order valence-corrected chi connectivity index (χ1v) is 10.5. The molecule has 2 heterocycles. The number of carbonyl (C=O) groups excluding carboxylic acids is 1. The number of hydrogen-bond donors (Lipinski definition) is 0. The fourth-order valence-corrected chi connectivity index (χ4v) is 4.82. The highest BCUT2D eigenvalue weighted by Crippen LogP contribution is 2.40. The lowest BCUT2D eigenvalue weighted by atomic mass is 9.85. The number of amides is 1. The molecule has 1 amide bonds. The van der Waals surface area contributed by atoms with Crippen molar-refractivity contribution < 1.29 is 14.1 Å². The van der Waals surface area contributed by atoms with Crippen LogP contribution in [0.3, 0.4) is 0 Å². The molecule has 2 fully saturated rings. The van der Waals surface area contributed by atoms with E-state index in [1.165, 1.54) is 30.3 Å². The molecule has 0 N–H and O–H groups in total. The van der Waals surface area contributed by atoms with E-state index in [0.717, 1.165) is 24.9 Å². The molecule has 2 aromatic rings. The van der Waals surface area contributed by atoms with E-state index in [1.54, 1.807) is 6.08 Å². The minimum Gasteiger partial charge on any atom is -0.401 e. The largest absolute Gasteiger partial charge is 0.433 e. The van der Waals surface area contributed by atoms with E-state index < -0.39 is 4.92 Å². The summed E-state index contributed by atoms with van der Waals surface area (Å²) in [4.78, 5) is 30.5. The van der Waals surface area contributed by atoms with Crippen molar-refractivity contribution in [2.45, 2.75) is 38.6 Å². The molecule has 7 nitrogen and oxygen atoms in total. The molecule has 29 heavy (non-hydrogen) atoms. The summed E-state index contributed by atoms with van der Waals surface area (Å²) >= 11 is 1.29. The van der Waals surface area contributed by atoms with Gasteiger partial charge in [-0.25, -0.2) is 4.99 Å². The smallest absolute Gasteiger partial charge is 0.401 e. The van der Waals surface area contributed by atoms with E-state index in [4.69, 9.17) is 9.41 Å². The number of nitrogens with zero attached hydrogens (tertiary/aromatic N) is 3. The van der Waals surface area contributed by atoms with E-state index in [1.807, 2.05) is 35.2 Å². The summed E-state index contributed by atoms with van der Waals surface area (Å²) in [5.41, 5.74) is 0.783. The van der Waals surface area contributed by atoms with Gasteiger partial charge in [0.05, 0.1) is 16.7 Å². The normalized spacial score (nSPS) is 25.1. The third kappa shape index (κ3) is 4.12. The Kier molecular flexibility index (Phi) is 5.53. The SMILES string of the molecule is C[C@@H]1CCCC[C@H]1N1C(=O)/C(=C/c2ccc([N+](=O)[O-])o2)SC1=Nc1ccccc1. The Bertz CT molecular complexity index is 983. The number of hydrogen-bond acceptors (Lipinski definition) is 6. The number of rotatable bonds is 4. The second-order valence-corrected chi connectivity index (χ2v) is 8.29. The van der Waals surface area contributed by atoms with Gasteiger partial charge in [-0.15, -0.1) is 0 Å². The lowest BCUT2D eigenvalue weighted by molar-refractivity contribution is -0.402. The van der Waals surface area contributed by atoms with Gasteiger partial charge in [-0.1, -0.05) is 38.0 Å². The molecule has 1 aliphatic carbocycles. The highest BCUT2D eigenvalue weighted by molar-refractivity contribution is 8.18. The molecular formula is C21H21N3O4S. The average Bonchev–Trinajstić information content (AvgIpc) is 3.29. The minimum absolute atomic E-state index is 0.100. The van der Waals surface area contributed by atoms with Crippen LogP contribution in [0.25, 0.3) is 6.08 Å². The molecule has 2 atom stereocenters.